The molecule has 2 aliphatic heterocycles. The van der Waals surface area contributed by atoms with Gasteiger partial charge in [-0.25, -0.2) is 18.4 Å². The third-order valence-corrected chi connectivity index (χ3v) is 9.18. The maximum absolute atomic E-state index is 13.2. The smallest absolute Gasteiger partial charge is 0.243 e. The van der Waals surface area contributed by atoms with Crippen LogP contribution in [0.15, 0.2) is 59.6 Å². The summed E-state index contributed by atoms with van der Waals surface area (Å²) in [6, 6.07) is 14.6. The summed E-state index contributed by atoms with van der Waals surface area (Å²) in [4.78, 5) is 26.0. The Morgan fingerprint density at radius 3 is 2.54 bits per heavy atom. The van der Waals surface area contributed by atoms with Crippen LogP contribution in [0, 0.1) is 0 Å². The van der Waals surface area contributed by atoms with Gasteiger partial charge in [0.25, 0.3) is 0 Å². The maximum atomic E-state index is 13.2. The van der Waals surface area contributed by atoms with E-state index in [1.54, 1.807) is 46.7 Å². The molecule has 0 aliphatic carbocycles. The van der Waals surface area contributed by atoms with Crippen molar-refractivity contribution in [2.45, 2.75) is 37.6 Å². The molecule has 0 radical (unpaired) electrons. The first kappa shape index (κ1) is 25.3. The summed E-state index contributed by atoms with van der Waals surface area (Å²) in [5.74, 6) is 0.358. The summed E-state index contributed by atoms with van der Waals surface area (Å²) in [6.07, 6.45) is 2.75. The molecule has 3 heterocycles. The number of fused-ring (bicyclic) bond motifs is 3. The standard InChI is InChI=1S/C27H32N6O3S/c1-4-32(5-2)21-14-15-33(18-21)37(35,36)22-12-10-20(11-13-22)29-27-28-17-19-16-25(34)31(3)24-9-7-6-8-23(24)26(19)30-27/h6-13,17,21H,4-5,14-16,18H2,1-3H3,(H,28,29,30). The fraction of sp³-hybridized carbons (Fsp3) is 0.370. The minimum atomic E-state index is -3.56. The van der Waals surface area contributed by atoms with Crippen LogP contribution in [-0.2, 0) is 21.2 Å². The lowest BCUT2D eigenvalue weighted by atomic mass is 10.1. The highest BCUT2D eigenvalue weighted by atomic mass is 32.2. The van der Waals surface area contributed by atoms with Crippen molar-refractivity contribution >= 4 is 33.3 Å². The molecule has 3 aromatic rings. The predicted molar refractivity (Wildman–Crippen MR) is 144 cm³/mol. The first-order valence-corrected chi connectivity index (χ1v) is 14.1. The number of aromatic nitrogens is 2. The monoisotopic (exact) mass is 520 g/mol. The van der Waals surface area contributed by atoms with Gasteiger partial charge in [-0.3, -0.25) is 9.69 Å². The number of anilines is 3. The molecule has 194 valence electrons. The predicted octanol–water partition coefficient (Wildman–Crippen LogP) is 3.51. The minimum absolute atomic E-state index is 0.0197. The average molecular weight is 521 g/mol. The normalized spacial score (nSPS) is 18.0. The molecule has 37 heavy (non-hydrogen) atoms. The number of nitrogens with one attached hydrogen (secondary N) is 1. The van der Waals surface area contributed by atoms with Crippen LogP contribution in [0.25, 0.3) is 11.3 Å². The fourth-order valence-corrected chi connectivity index (χ4v) is 6.66. The number of carbonyl (C=O) groups is 1. The van der Waals surface area contributed by atoms with Crippen molar-refractivity contribution < 1.29 is 13.2 Å². The van der Waals surface area contributed by atoms with Gasteiger partial charge in [-0.2, -0.15) is 4.31 Å². The van der Waals surface area contributed by atoms with E-state index in [0.29, 0.717) is 30.4 Å². The van der Waals surface area contributed by atoms with Gasteiger partial charge in [0.05, 0.1) is 22.7 Å². The number of nitrogens with zero attached hydrogens (tertiary/aromatic N) is 5. The van der Waals surface area contributed by atoms with E-state index in [9.17, 15) is 13.2 Å². The molecule has 1 saturated heterocycles. The zero-order valence-electron chi connectivity index (χ0n) is 21.4. The third kappa shape index (κ3) is 4.84. The topological polar surface area (TPSA) is 98.7 Å². The summed E-state index contributed by atoms with van der Waals surface area (Å²) in [7, 11) is -1.80. The van der Waals surface area contributed by atoms with Gasteiger partial charge in [0.15, 0.2) is 0 Å². The molecule has 1 amide bonds. The van der Waals surface area contributed by atoms with Crippen molar-refractivity contribution in [3.63, 3.8) is 0 Å². The number of likely N-dealkylation sites (N-methyl/N-ethyl adjacent to an activating group) is 2. The van der Waals surface area contributed by atoms with Gasteiger partial charge in [-0.15, -0.1) is 0 Å². The number of hydrogen-bond donors (Lipinski definition) is 1. The number of hydrogen-bond acceptors (Lipinski definition) is 7. The van der Waals surface area contributed by atoms with Crippen LogP contribution in [0.1, 0.15) is 25.8 Å². The molecular weight excluding hydrogens is 488 g/mol. The maximum Gasteiger partial charge on any atom is 0.243 e. The summed E-state index contributed by atoms with van der Waals surface area (Å²) in [5, 5.41) is 3.18. The SMILES string of the molecule is CCN(CC)C1CCN(S(=O)(=O)c2ccc(Nc3ncc4c(n3)-c3ccccc3N(C)C(=O)C4)cc2)C1. The number of benzene rings is 2. The van der Waals surface area contributed by atoms with Crippen LogP contribution in [0.2, 0.25) is 0 Å². The second kappa shape index (κ2) is 10.2. The molecule has 0 bridgehead atoms. The Labute approximate surface area is 218 Å². The Morgan fingerprint density at radius 2 is 1.81 bits per heavy atom. The Balaban J connectivity index is 1.35. The zero-order valence-corrected chi connectivity index (χ0v) is 22.2. The highest BCUT2D eigenvalue weighted by Crippen LogP contribution is 2.35. The van der Waals surface area contributed by atoms with Gasteiger partial charge < -0.3 is 10.2 Å². The molecule has 9 nitrogen and oxygen atoms in total. The number of para-hydroxylation sites is 1. The van der Waals surface area contributed by atoms with Crippen LogP contribution < -0.4 is 10.2 Å². The van der Waals surface area contributed by atoms with Gasteiger partial charge in [0.2, 0.25) is 21.9 Å². The summed E-state index contributed by atoms with van der Waals surface area (Å²) >= 11 is 0. The minimum Gasteiger partial charge on any atom is -0.324 e. The number of carbonyl (C=O) groups excluding carboxylic acids is 1. The van der Waals surface area contributed by atoms with Crippen LogP contribution in [0.3, 0.4) is 0 Å². The number of sulfonamides is 1. The van der Waals surface area contributed by atoms with Crippen molar-refractivity contribution in [1.82, 2.24) is 19.2 Å². The molecule has 1 aromatic heterocycles. The first-order chi connectivity index (χ1) is 17.8. The van der Waals surface area contributed by atoms with Crippen LogP contribution in [-0.4, -0.2) is 72.8 Å². The number of amides is 1. The van der Waals surface area contributed by atoms with Crippen molar-refractivity contribution in [2.24, 2.45) is 0 Å². The zero-order chi connectivity index (χ0) is 26.2. The van der Waals surface area contributed by atoms with E-state index in [4.69, 9.17) is 4.98 Å². The van der Waals surface area contributed by atoms with Gasteiger partial charge >= 0.3 is 0 Å². The lowest BCUT2D eigenvalue weighted by molar-refractivity contribution is -0.117. The average Bonchev–Trinajstić information content (AvgIpc) is 3.38. The molecule has 2 aromatic carbocycles. The van der Waals surface area contributed by atoms with E-state index in [-0.39, 0.29) is 23.3 Å². The van der Waals surface area contributed by atoms with Crippen molar-refractivity contribution in [2.75, 3.05) is 43.4 Å². The largest absolute Gasteiger partial charge is 0.324 e. The van der Waals surface area contributed by atoms with Crippen LogP contribution in [0.4, 0.5) is 17.3 Å². The summed E-state index contributed by atoms with van der Waals surface area (Å²) in [5.41, 5.74) is 3.82. The molecule has 1 N–H and O–H groups in total. The van der Waals surface area contributed by atoms with Gasteiger partial charge in [0.1, 0.15) is 0 Å². The first-order valence-electron chi connectivity index (χ1n) is 12.6. The van der Waals surface area contributed by atoms with Gasteiger partial charge in [0, 0.05) is 49.2 Å². The van der Waals surface area contributed by atoms with Gasteiger partial charge in [-0.05, 0) is 49.8 Å². The Kier molecular flexibility index (Phi) is 6.98. The quantitative estimate of drug-likeness (QED) is 0.509. The third-order valence-electron chi connectivity index (χ3n) is 7.30. The second-order valence-corrected chi connectivity index (χ2v) is 11.3. The van der Waals surface area contributed by atoms with Crippen molar-refractivity contribution in [3.05, 3.63) is 60.3 Å². The van der Waals surface area contributed by atoms with Crippen LogP contribution >= 0.6 is 0 Å². The van der Waals surface area contributed by atoms with Gasteiger partial charge in [-0.1, -0.05) is 32.0 Å². The number of rotatable bonds is 7. The molecule has 0 saturated carbocycles. The molecular formula is C27H32N6O3S. The van der Waals surface area contributed by atoms with E-state index in [2.05, 4.69) is 29.0 Å². The Morgan fingerprint density at radius 1 is 1.08 bits per heavy atom. The molecule has 5 rings (SSSR count). The van der Waals surface area contributed by atoms with Crippen molar-refractivity contribution in [1.29, 1.82) is 0 Å². The Bertz CT molecular complexity index is 1410. The molecule has 2 aliphatic rings. The lowest BCUT2D eigenvalue weighted by Gasteiger charge is -2.26. The van der Waals surface area contributed by atoms with E-state index < -0.39 is 10.0 Å². The fourth-order valence-electron chi connectivity index (χ4n) is 5.17. The molecule has 0 spiro atoms. The van der Waals surface area contributed by atoms with E-state index in [0.717, 1.165) is 36.3 Å². The summed E-state index contributed by atoms with van der Waals surface area (Å²) < 4.78 is 28.1. The summed E-state index contributed by atoms with van der Waals surface area (Å²) in [6.45, 7) is 7.10. The lowest BCUT2D eigenvalue weighted by Crippen LogP contribution is -2.38. The molecule has 1 unspecified atom stereocenters. The molecule has 1 atom stereocenters. The highest BCUT2D eigenvalue weighted by molar-refractivity contribution is 7.89. The Hall–Kier alpha value is -3.34. The molecule has 1 fully saturated rings. The van der Waals surface area contributed by atoms with Crippen LogP contribution in [0.5, 0.6) is 0 Å². The van der Waals surface area contributed by atoms with E-state index in [1.807, 2.05) is 24.3 Å². The van der Waals surface area contributed by atoms with E-state index in [1.165, 1.54) is 0 Å². The highest BCUT2D eigenvalue weighted by Gasteiger charge is 2.34. The van der Waals surface area contributed by atoms with E-state index >= 15 is 0 Å². The van der Waals surface area contributed by atoms with Crippen molar-refractivity contribution in [3.8, 4) is 11.3 Å². The molecule has 10 heteroatoms. The second-order valence-electron chi connectivity index (χ2n) is 9.39.